The van der Waals surface area contributed by atoms with Gasteiger partial charge in [0.25, 0.3) is 5.91 Å². The van der Waals surface area contributed by atoms with Gasteiger partial charge in [0.15, 0.2) is 11.5 Å². The van der Waals surface area contributed by atoms with Gasteiger partial charge in [0.1, 0.15) is 11.7 Å². The maximum absolute atomic E-state index is 14.2. The molecule has 0 saturated heterocycles. The Hall–Kier alpha value is -4.14. The lowest BCUT2D eigenvalue weighted by molar-refractivity contribution is -0.126. The molecule has 212 valence electrons. The van der Waals surface area contributed by atoms with E-state index in [0.717, 1.165) is 43.2 Å². The standard InChI is InChI=1S/C31H38N4O5/c1-21-10-8-9-11-22(21)14-17-35(31(37)25-20-32-15-16-33-25)28(30(36)34-24-12-6-5-7-13-24)23-18-26(38-2)29(40-4)27(19-23)39-3/h8-11,15-16,18-20,24,28H,5-7,12-14,17H2,1-4H3,(H,34,36). The minimum absolute atomic E-state index is 0.0515. The Morgan fingerprint density at radius 1 is 1.00 bits per heavy atom. The van der Waals surface area contributed by atoms with Gasteiger partial charge in [0.05, 0.1) is 27.5 Å². The van der Waals surface area contributed by atoms with Crippen LogP contribution in [0.15, 0.2) is 55.0 Å². The van der Waals surface area contributed by atoms with Crippen LogP contribution in [0.2, 0.25) is 0 Å². The number of aryl methyl sites for hydroxylation is 1. The van der Waals surface area contributed by atoms with Crippen LogP contribution in [0, 0.1) is 6.92 Å². The number of benzene rings is 2. The maximum atomic E-state index is 14.2. The van der Waals surface area contributed by atoms with Crippen molar-refractivity contribution < 1.29 is 23.8 Å². The van der Waals surface area contributed by atoms with Crippen molar-refractivity contribution in [3.8, 4) is 17.2 Å². The minimum Gasteiger partial charge on any atom is -0.493 e. The van der Waals surface area contributed by atoms with Crippen molar-refractivity contribution in [2.75, 3.05) is 27.9 Å². The van der Waals surface area contributed by atoms with Crippen molar-refractivity contribution >= 4 is 11.8 Å². The predicted molar refractivity (Wildman–Crippen MR) is 152 cm³/mol. The van der Waals surface area contributed by atoms with Gasteiger partial charge in [0, 0.05) is 25.0 Å². The molecule has 0 aliphatic heterocycles. The Morgan fingerprint density at radius 2 is 1.70 bits per heavy atom. The van der Waals surface area contributed by atoms with Crippen molar-refractivity contribution in [2.24, 2.45) is 0 Å². The lowest BCUT2D eigenvalue weighted by Crippen LogP contribution is -2.48. The summed E-state index contributed by atoms with van der Waals surface area (Å²) in [5.41, 5.74) is 2.92. The summed E-state index contributed by atoms with van der Waals surface area (Å²) in [5.74, 6) is 0.561. The van der Waals surface area contributed by atoms with E-state index in [4.69, 9.17) is 14.2 Å². The molecular weight excluding hydrogens is 508 g/mol. The van der Waals surface area contributed by atoms with Gasteiger partial charge in [-0.3, -0.25) is 14.6 Å². The largest absolute Gasteiger partial charge is 0.493 e. The highest BCUT2D eigenvalue weighted by molar-refractivity contribution is 5.96. The maximum Gasteiger partial charge on any atom is 0.275 e. The van der Waals surface area contributed by atoms with Gasteiger partial charge in [-0.2, -0.15) is 0 Å². The van der Waals surface area contributed by atoms with Crippen molar-refractivity contribution in [3.63, 3.8) is 0 Å². The highest BCUT2D eigenvalue weighted by atomic mass is 16.5. The smallest absolute Gasteiger partial charge is 0.275 e. The third-order valence-electron chi connectivity index (χ3n) is 7.44. The molecule has 1 fully saturated rings. The van der Waals surface area contributed by atoms with Gasteiger partial charge in [-0.25, -0.2) is 4.98 Å². The molecule has 1 aromatic heterocycles. The molecule has 1 saturated carbocycles. The van der Waals surface area contributed by atoms with Crippen LogP contribution in [0.3, 0.4) is 0 Å². The van der Waals surface area contributed by atoms with Gasteiger partial charge in [-0.05, 0) is 55.0 Å². The number of rotatable bonds is 11. The number of carbonyl (C=O) groups is 2. The SMILES string of the molecule is COc1cc(C(C(=O)NC2CCCCC2)N(CCc2ccccc2C)C(=O)c2cnccn2)cc(OC)c1OC. The molecule has 1 aliphatic carbocycles. The van der Waals surface area contributed by atoms with Crippen LogP contribution in [0.25, 0.3) is 0 Å². The summed E-state index contributed by atoms with van der Waals surface area (Å²) in [7, 11) is 4.58. The van der Waals surface area contributed by atoms with Crippen LogP contribution in [-0.4, -0.2) is 60.6 Å². The molecule has 2 aromatic carbocycles. The minimum atomic E-state index is -0.978. The van der Waals surface area contributed by atoms with Gasteiger partial charge in [-0.15, -0.1) is 0 Å². The van der Waals surface area contributed by atoms with Crippen LogP contribution in [-0.2, 0) is 11.2 Å². The molecule has 1 atom stereocenters. The molecule has 1 N–H and O–H groups in total. The quantitative estimate of drug-likeness (QED) is 0.372. The molecular formula is C31H38N4O5. The molecule has 4 rings (SSSR count). The third kappa shape index (κ3) is 6.70. The van der Waals surface area contributed by atoms with Crippen molar-refractivity contribution in [1.29, 1.82) is 0 Å². The number of nitrogens with zero attached hydrogens (tertiary/aromatic N) is 3. The van der Waals surface area contributed by atoms with Crippen LogP contribution >= 0.6 is 0 Å². The molecule has 9 nitrogen and oxygen atoms in total. The second-order valence-corrected chi connectivity index (χ2v) is 9.97. The fourth-order valence-electron chi connectivity index (χ4n) is 5.30. The summed E-state index contributed by atoms with van der Waals surface area (Å²) in [6, 6.07) is 10.6. The normalized spacial score (nSPS) is 14.2. The summed E-state index contributed by atoms with van der Waals surface area (Å²) < 4.78 is 16.7. The number of methoxy groups -OCH3 is 3. The Bertz CT molecular complexity index is 1270. The predicted octanol–water partition coefficient (Wildman–Crippen LogP) is 4.69. The van der Waals surface area contributed by atoms with Crippen molar-refractivity contribution in [2.45, 2.75) is 57.5 Å². The summed E-state index contributed by atoms with van der Waals surface area (Å²) in [6.45, 7) is 2.32. The summed E-state index contributed by atoms with van der Waals surface area (Å²) in [4.78, 5) is 38.2. The Balaban J connectivity index is 1.81. The zero-order valence-corrected chi connectivity index (χ0v) is 23.7. The van der Waals surface area contributed by atoms with Crippen molar-refractivity contribution in [1.82, 2.24) is 20.2 Å². The number of amides is 2. The summed E-state index contributed by atoms with van der Waals surface area (Å²) in [5, 5.41) is 3.24. The Labute approximate surface area is 235 Å². The molecule has 1 aliphatic rings. The van der Waals surface area contributed by atoms with E-state index in [1.807, 2.05) is 31.2 Å². The highest BCUT2D eigenvalue weighted by Crippen LogP contribution is 2.41. The van der Waals surface area contributed by atoms with E-state index in [0.29, 0.717) is 29.2 Å². The van der Waals surface area contributed by atoms with E-state index >= 15 is 0 Å². The molecule has 1 unspecified atom stereocenters. The molecule has 3 aromatic rings. The molecule has 2 amide bonds. The topological polar surface area (TPSA) is 103 Å². The van der Waals surface area contributed by atoms with E-state index < -0.39 is 6.04 Å². The molecule has 0 radical (unpaired) electrons. The summed E-state index contributed by atoms with van der Waals surface area (Å²) >= 11 is 0. The zero-order valence-electron chi connectivity index (χ0n) is 23.7. The van der Waals surface area contributed by atoms with E-state index in [2.05, 4.69) is 15.3 Å². The zero-order chi connectivity index (χ0) is 28.5. The highest BCUT2D eigenvalue weighted by Gasteiger charge is 2.35. The van der Waals surface area contributed by atoms with E-state index in [1.165, 1.54) is 39.9 Å². The molecule has 40 heavy (non-hydrogen) atoms. The fraction of sp³-hybridized carbons (Fsp3) is 0.419. The average Bonchev–Trinajstić information content (AvgIpc) is 2.99. The van der Waals surface area contributed by atoms with Gasteiger partial charge in [0.2, 0.25) is 11.7 Å². The van der Waals surface area contributed by atoms with Gasteiger partial charge >= 0.3 is 0 Å². The number of aromatic nitrogens is 2. The first-order valence-corrected chi connectivity index (χ1v) is 13.7. The first-order valence-electron chi connectivity index (χ1n) is 13.7. The number of nitrogens with one attached hydrogen (secondary N) is 1. The monoisotopic (exact) mass is 546 g/mol. The van der Waals surface area contributed by atoms with E-state index in [-0.39, 0.29) is 30.1 Å². The third-order valence-corrected chi connectivity index (χ3v) is 7.44. The number of ether oxygens (including phenoxy) is 3. The molecule has 0 bridgehead atoms. The van der Waals surface area contributed by atoms with Crippen LogP contribution in [0.5, 0.6) is 17.2 Å². The summed E-state index contributed by atoms with van der Waals surface area (Å²) in [6.07, 6.45) is 10.1. The van der Waals surface area contributed by atoms with Crippen LogP contribution in [0.1, 0.15) is 65.3 Å². The fourth-order valence-corrected chi connectivity index (χ4v) is 5.30. The van der Waals surface area contributed by atoms with Gasteiger partial charge in [-0.1, -0.05) is 43.5 Å². The van der Waals surface area contributed by atoms with Crippen LogP contribution in [0.4, 0.5) is 0 Å². The number of hydrogen-bond donors (Lipinski definition) is 1. The number of carbonyl (C=O) groups excluding carboxylic acids is 2. The van der Waals surface area contributed by atoms with Crippen molar-refractivity contribution in [3.05, 3.63) is 77.4 Å². The molecule has 0 spiro atoms. The Morgan fingerprint density at radius 3 is 2.30 bits per heavy atom. The van der Waals surface area contributed by atoms with E-state index in [9.17, 15) is 9.59 Å². The van der Waals surface area contributed by atoms with E-state index in [1.54, 1.807) is 17.0 Å². The molecule has 9 heteroatoms. The first kappa shape index (κ1) is 28.9. The number of hydrogen-bond acceptors (Lipinski definition) is 7. The van der Waals surface area contributed by atoms with Crippen LogP contribution < -0.4 is 19.5 Å². The van der Waals surface area contributed by atoms with Gasteiger partial charge < -0.3 is 24.4 Å². The lowest BCUT2D eigenvalue weighted by Gasteiger charge is -2.34. The Kier molecular flexibility index (Phi) is 9.94. The second kappa shape index (κ2) is 13.8. The average molecular weight is 547 g/mol. The lowest BCUT2D eigenvalue weighted by atomic mass is 9.94. The second-order valence-electron chi connectivity index (χ2n) is 9.97. The molecule has 1 heterocycles. The first-order chi connectivity index (χ1) is 19.5.